The van der Waals surface area contributed by atoms with E-state index in [0.29, 0.717) is 5.56 Å². The molecule has 2 aromatic carbocycles. The van der Waals surface area contributed by atoms with Crippen LogP contribution in [0.25, 0.3) is 0 Å². The van der Waals surface area contributed by atoms with Gasteiger partial charge in [-0.25, -0.2) is 0 Å². The van der Waals surface area contributed by atoms with Crippen LogP contribution in [0.1, 0.15) is 29.7 Å². The van der Waals surface area contributed by atoms with Crippen molar-refractivity contribution in [2.24, 2.45) is 0 Å². The van der Waals surface area contributed by atoms with E-state index in [9.17, 15) is 10.2 Å². The summed E-state index contributed by atoms with van der Waals surface area (Å²) in [6.45, 7) is 3.62. The van der Waals surface area contributed by atoms with Crippen molar-refractivity contribution < 1.29 is 10.2 Å². The molecule has 0 amide bonds. The molecule has 0 spiro atoms. The molecule has 0 aliphatic rings. The predicted molar refractivity (Wildman–Crippen MR) is 72.2 cm³/mol. The Bertz CT molecular complexity index is 500. The Morgan fingerprint density at radius 1 is 0.944 bits per heavy atom. The van der Waals surface area contributed by atoms with E-state index in [2.05, 4.69) is 0 Å². The number of aliphatic hydroxyl groups excluding tert-OH is 1. The van der Waals surface area contributed by atoms with E-state index < -0.39 is 11.7 Å². The van der Waals surface area contributed by atoms with Crippen molar-refractivity contribution in [3.8, 4) is 0 Å². The van der Waals surface area contributed by atoms with Crippen molar-refractivity contribution in [1.29, 1.82) is 0 Å². The van der Waals surface area contributed by atoms with Gasteiger partial charge in [0.1, 0.15) is 11.7 Å². The summed E-state index contributed by atoms with van der Waals surface area (Å²) in [5.74, 6) is 0. The van der Waals surface area contributed by atoms with Crippen LogP contribution in [0, 0.1) is 6.92 Å². The highest BCUT2D eigenvalue weighted by atomic mass is 16.3. The average molecular weight is 242 g/mol. The number of aryl methyl sites for hydroxylation is 1. The summed E-state index contributed by atoms with van der Waals surface area (Å²) in [4.78, 5) is 0. The molecule has 2 nitrogen and oxygen atoms in total. The van der Waals surface area contributed by atoms with Crippen molar-refractivity contribution in [2.75, 3.05) is 0 Å². The molecule has 0 aromatic heterocycles. The van der Waals surface area contributed by atoms with Crippen LogP contribution in [0.15, 0.2) is 54.6 Å². The van der Waals surface area contributed by atoms with Gasteiger partial charge in [-0.2, -0.15) is 0 Å². The number of rotatable bonds is 3. The molecule has 2 rings (SSSR count). The Balaban J connectivity index is 2.32. The summed E-state index contributed by atoms with van der Waals surface area (Å²) in [6, 6.07) is 16.8. The molecule has 2 N–H and O–H groups in total. The lowest BCUT2D eigenvalue weighted by molar-refractivity contribution is -0.0690. The van der Waals surface area contributed by atoms with Crippen LogP contribution in [-0.2, 0) is 5.60 Å². The first kappa shape index (κ1) is 12.8. The molecule has 0 bridgehead atoms. The van der Waals surface area contributed by atoms with Crippen molar-refractivity contribution in [2.45, 2.75) is 25.6 Å². The van der Waals surface area contributed by atoms with Crippen LogP contribution in [0.4, 0.5) is 0 Å². The first-order valence-electron chi connectivity index (χ1n) is 6.04. The molecular formula is C16H18O2. The van der Waals surface area contributed by atoms with Crippen LogP contribution < -0.4 is 0 Å². The van der Waals surface area contributed by atoms with E-state index in [1.807, 2.05) is 61.5 Å². The van der Waals surface area contributed by atoms with Gasteiger partial charge >= 0.3 is 0 Å². The molecule has 2 atom stereocenters. The van der Waals surface area contributed by atoms with Gasteiger partial charge in [0, 0.05) is 0 Å². The van der Waals surface area contributed by atoms with Gasteiger partial charge in [-0.05, 0) is 25.0 Å². The van der Waals surface area contributed by atoms with E-state index in [-0.39, 0.29) is 0 Å². The van der Waals surface area contributed by atoms with E-state index in [4.69, 9.17) is 0 Å². The largest absolute Gasteiger partial charge is 0.385 e. The molecule has 94 valence electrons. The van der Waals surface area contributed by atoms with E-state index in [1.165, 1.54) is 0 Å². The fraction of sp³-hybridized carbons (Fsp3) is 0.250. The van der Waals surface area contributed by atoms with Crippen molar-refractivity contribution in [3.05, 3.63) is 71.3 Å². The van der Waals surface area contributed by atoms with Gasteiger partial charge in [0.05, 0.1) is 0 Å². The smallest absolute Gasteiger partial charge is 0.117 e. The summed E-state index contributed by atoms with van der Waals surface area (Å²) >= 11 is 0. The van der Waals surface area contributed by atoms with Crippen molar-refractivity contribution in [3.63, 3.8) is 0 Å². The quantitative estimate of drug-likeness (QED) is 0.868. The van der Waals surface area contributed by atoms with E-state index in [0.717, 1.165) is 11.1 Å². The maximum atomic E-state index is 10.5. The number of hydrogen-bond acceptors (Lipinski definition) is 2. The molecular weight excluding hydrogens is 224 g/mol. The highest BCUT2D eigenvalue weighted by Crippen LogP contribution is 2.34. The summed E-state index contributed by atoms with van der Waals surface area (Å²) in [6.07, 6.45) is -0.944. The van der Waals surface area contributed by atoms with Crippen LogP contribution in [0.5, 0.6) is 0 Å². The van der Waals surface area contributed by atoms with Gasteiger partial charge in [-0.1, -0.05) is 60.2 Å². The van der Waals surface area contributed by atoms with Crippen LogP contribution in [-0.4, -0.2) is 10.2 Å². The number of benzene rings is 2. The second kappa shape index (κ2) is 4.92. The minimum atomic E-state index is -1.30. The number of hydrogen-bond donors (Lipinski definition) is 2. The average Bonchev–Trinajstić information content (AvgIpc) is 2.40. The maximum absolute atomic E-state index is 10.5. The Labute approximate surface area is 108 Å². The fourth-order valence-corrected chi connectivity index (χ4v) is 2.01. The third kappa shape index (κ3) is 2.45. The van der Waals surface area contributed by atoms with Crippen molar-refractivity contribution >= 4 is 0 Å². The normalized spacial score (nSPS) is 16.0. The monoisotopic (exact) mass is 242 g/mol. The van der Waals surface area contributed by atoms with Crippen molar-refractivity contribution in [1.82, 2.24) is 0 Å². The predicted octanol–water partition coefficient (Wildman–Crippen LogP) is 2.94. The molecule has 0 heterocycles. The minimum Gasteiger partial charge on any atom is -0.385 e. The van der Waals surface area contributed by atoms with E-state index in [1.54, 1.807) is 6.92 Å². The van der Waals surface area contributed by atoms with Crippen LogP contribution >= 0.6 is 0 Å². The fourth-order valence-electron chi connectivity index (χ4n) is 2.01. The Morgan fingerprint density at radius 2 is 1.50 bits per heavy atom. The zero-order valence-electron chi connectivity index (χ0n) is 10.7. The Kier molecular flexibility index (Phi) is 3.50. The Hall–Kier alpha value is -1.64. The first-order valence-corrected chi connectivity index (χ1v) is 6.04. The summed E-state index contributed by atoms with van der Waals surface area (Å²) in [7, 11) is 0. The molecule has 0 fully saturated rings. The molecule has 0 saturated carbocycles. The Morgan fingerprint density at radius 3 is 2.06 bits per heavy atom. The SMILES string of the molecule is Cc1ccc([C@@H](O)[C@](C)(O)c2ccccc2)cc1. The van der Waals surface area contributed by atoms with Gasteiger partial charge < -0.3 is 10.2 Å². The van der Waals surface area contributed by atoms with Gasteiger partial charge in [0.15, 0.2) is 0 Å². The lowest BCUT2D eigenvalue weighted by Gasteiger charge is -2.30. The van der Waals surface area contributed by atoms with Crippen LogP contribution in [0.3, 0.4) is 0 Å². The highest BCUT2D eigenvalue weighted by molar-refractivity contribution is 5.30. The van der Waals surface area contributed by atoms with Gasteiger partial charge in [0.2, 0.25) is 0 Å². The van der Waals surface area contributed by atoms with Gasteiger partial charge in [-0.15, -0.1) is 0 Å². The third-order valence-electron chi connectivity index (χ3n) is 3.28. The topological polar surface area (TPSA) is 40.5 Å². The highest BCUT2D eigenvalue weighted by Gasteiger charge is 2.33. The van der Waals surface area contributed by atoms with Crippen LogP contribution in [0.2, 0.25) is 0 Å². The summed E-state index contributed by atoms with van der Waals surface area (Å²) in [5.41, 5.74) is 1.26. The molecule has 0 aliphatic heterocycles. The molecule has 0 unspecified atom stereocenters. The standard InChI is InChI=1S/C16H18O2/c1-12-8-10-13(11-9-12)15(17)16(2,18)14-6-4-3-5-7-14/h3-11,15,17-18H,1-2H3/t15-,16-/m1/s1. The minimum absolute atomic E-state index is 0.707. The molecule has 0 saturated heterocycles. The van der Waals surface area contributed by atoms with Gasteiger partial charge in [-0.3, -0.25) is 0 Å². The van der Waals surface area contributed by atoms with E-state index >= 15 is 0 Å². The second-order valence-corrected chi connectivity index (χ2v) is 4.83. The second-order valence-electron chi connectivity index (χ2n) is 4.83. The lowest BCUT2D eigenvalue weighted by Crippen LogP contribution is -2.29. The summed E-state index contributed by atoms with van der Waals surface area (Å²) < 4.78 is 0. The molecule has 0 radical (unpaired) electrons. The summed E-state index contributed by atoms with van der Waals surface area (Å²) in [5, 5.41) is 20.9. The molecule has 2 aromatic rings. The molecule has 2 heteroatoms. The first-order chi connectivity index (χ1) is 8.51. The molecule has 0 aliphatic carbocycles. The maximum Gasteiger partial charge on any atom is 0.117 e. The van der Waals surface area contributed by atoms with Gasteiger partial charge in [0.25, 0.3) is 0 Å². The zero-order chi connectivity index (χ0) is 13.2. The zero-order valence-corrected chi connectivity index (χ0v) is 10.7. The third-order valence-corrected chi connectivity index (χ3v) is 3.28. The lowest BCUT2D eigenvalue weighted by atomic mass is 9.86. The molecule has 18 heavy (non-hydrogen) atoms. The number of aliphatic hydroxyl groups is 2.